The highest BCUT2D eigenvalue weighted by atomic mass is 35.5. The van der Waals surface area contributed by atoms with Gasteiger partial charge in [0.05, 0.1) is 12.2 Å². The summed E-state index contributed by atoms with van der Waals surface area (Å²) in [7, 11) is 0. The highest BCUT2D eigenvalue weighted by Gasteiger charge is 2.31. The second-order valence-electron chi connectivity index (χ2n) is 7.12. The van der Waals surface area contributed by atoms with E-state index in [1.807, 2.05) is 13.0 Å². The molecule has 0 saturated heterocycles. The minimum atomic E-state index is -4.48. The van der Waals surface area contributed by atoms with Crippen molar-refractivity contribution in [3.8, 4) is 11.8 Å². The van der Waals surface area contributed by atoms with E-state index in [0.29, 0.717) is 28.4 Å². The number of para-hydroxylation sites is 1. The molecule has 1 heterocycles. The van der Waals surface area contributed by atoms with Gasteiger partial charge in [-0.1, -0.05) is 36.7 Å². The second-order valence-corrected chi connectivity index (χ2v) is 8.65. The van der Waals surface area contributed by atoms with E-state index in [-0.39, 0.29) is 22.1 Å². The number of thiazole rings is 1. The molecule has 0 radical (unpaired) electrons. The first-order valence-electron chi connectivity index (χ1n) is 10.2. The van der Waals surface area contributed by atoms with Crippen molar-refractivity contribution in [1.29, 1.82) is 5.26 Å². The third-order valence-electron chi connectivity index (χ3n) is 4.56. The molecule has 0 saturated carbocycles. The maximum absolute atomic E-state index is 13.0. The van der Waals surface area contributed by atoms with Crippen LogP contribution in [0.3, 0.4) is 0 Å². The molecule has 0 aliphatic carbocycles. The van der Waals surface area contributed by atoms with Crippen molar-refractivity contribution in [1.82, 2.24) is 4.98 Å². The number of amides is 1. The van der Waals surface area contributed by atoms with Crippen LogP contribution in [0.1, 0.15) is 34.9 Å². The minimum absolute atomic E-state index is 0.110. The van der Waals surface area contributed by atoms with Crippen LogP contribution in [0.4, 0.5) is 18.3 Å². The number of nitrogens with zero attached hydrogens (tertiary/aromatic N) is 2. The summed E-state index contributed by atoms with van der Waals surface area (Å²) < 4.78 is 44.6. The molecule has 3 rings (SSSR count). The summed E-state index contributed by atoms with van der Waals surface area (Å²) in [6.45, 7) is 2.46. The Kier molecular flexibility index (Phi) is 8.31. The molecule has 2 aromatic carbocycles. The molecule has 1 aromatic heterocycles. The number of hydrogen-bond acceptors (Lipinski definition) is 5. The van der Waals surface area contributed by atoms with Crippen LogP contribution in [0, 0.1) is 11.3 Å². The fourth-order valence-corrected chi connectivity index (χ4v) is 3.95. The predicted octanol–water partition coefficient (Wildman–Crippen LogP) is 6.74. The van der Waals surface area contributed by atoms with Crippen LogP contribution in [0.5, 0.6) is 5.75 Å². The zero-order valence-corrected chi connectivity index (χ0v) is 19.5. The van der Waals surface area contributed by atoms with E-state index in [1.54, 1.807) is 24.3 Å². The van der Waals surface area contributed by atoms with Crippen LogP contribution in [0.2, 0.25) is 5.02 Å². The van der Waals surface area contributed by atoms with Gasteiger partial charge in [-0.05, 0) is 42.3 Å². The standard InChI is InChI=1S/C24H19ClF3N3O2S/c1-2-9-33-21-6-4-3-5-15(21)10-17(13-29)22(32)31-23-30-14-19(34-23)12-16-11-18(24(26,27)28)7-8-20(16)25/h3-8,10-11,14H,2,9,12H2,1H3,(H,30,31,32). The Morgan fingerprint density at radius 3 is 2.76 bits per heavy atom. The van der Waals surface area contributed by atoms with E-state index in [1.165, 1.54) is 18.3 Å². The summed E-state index contributed by atoms with van der Waals surface area (Å²) >= 11 is 7.14. The zero-order valence-electron chi connectivity index (χ0n) is 17.9. The second kappa shape index (κ2) is 11.2. The van der Waals surface area contributed by atoms with Gasteiger partial charge >= 0.3 is 6.18 Å². The Bertz CT molecular complexity index is 1250. The number of carbonyl (C=O) groups excluding carboxylic acids is 1. The van der Waals surface area contributed by atoms with Crippen LogP contribution < -0.4 is 10.1 Å². The largest absolute Gasteiger partial charge is 0.493 e. The van der Waals surface area contributed by atoms with Crippen molar-refractivity contribution in [2.75, 3.05) is 11.9 Å². The number of rotatable bonds is 8. The summed E-state index contributed by atoms with van der Waals surface area (Å²) in [4.78, 5) is 17.3. The monoisotopic (exact) mass is 505 g/mol. The highest BCUT2D eigenvalue weighted by Crippen LogP contribution is 2.33. The van der Waals surface area contributed by atoms with Gasteiger partial charge in [-0.25, -0.2) is 4.98 Å². The van der Waals surface area contributed by atoms with Gasteiger partial charge in [0.2, 0.25) is 0 Å². The summed E-state index contributed by atoms with van der Waals surface area (Å²) in [6, 6.07) is 12.0. The van der Waals surface area contributed by atoms with Gasteiger partial charge in [-0.2, -0.15) is 18.4 Å². The van der Waals surface area contributed by atoms with Gasteiger partial charge in [0, 0.05) is 28.1 Å². The van der Waals surface area contributed by atoms with E-state index >= 15 is 0 Å². The Balaban J connectivity index is 1.74. The van der Waals surface area contributed by atoms with Crippen molar-refractivity contribution in [2.45, 2.75) is 25.9 Å². The van der Waals surface area contributed by atoms with Crippen LogP contribution >= 0.6 is 22.9 Å². The van der Waals surface area contributed by atoms with Crippen molar-refractivity contribution in [2.24, 2.45) is 0 Å². The molecular formula is C24H19ClF3N3O2S. The molecule has 0 aliphatic rings. The van der Waals surface area contributed by atoms with E-state index in [4.69, 9.17) is 16.3 Å². The average molecular weight is 506 g/mol. The van der Waals surface area contributed by atoms with E-state index in [2.05, 4.69) is 10.3 Å². The third-order valence-corrected chi connectivity index (χ3v) is 5.84. The minimum Gasteiger partial charge on any atom is -0.493 e. The molecule has 34 heavy (non-hydrogen) atoms. The van der Waals surface area contributed by atoms with Gasteiger partial charge in [-0.3, -0.25) is 10.1 Å². The van der Waals surface area contributed by atoms with Gasteiger partial charge in [-0.15, -0.1) is 11.3 Å². The Morgan fingerprint density at radius 1 is 1.29 bits per heavy atom. The van der Waals surface area contributed by atoms with Crippen molar-refractivity contribution in [3.05, 3.63) is 80.8 Å². The molecule has 0 unspecified atom stereocenters. The summed E-state index contributed by atoms with van der Waals surface area (Å²) in [5, 5.41) is 12.4. The van der Waals surface area contributed by atoms with Crippen molar-refractivity contribution < 1.29 is 22.7 Å². The van der Waals surface area contributed by atoms with Gasteiger partial charge in [0.15, 0.2) is 5.13 Å². The molecule has 3 aromatic rings. The van der Waals surface area contributed by atoms with Crippen molar-refractivity contribution >= 4 is 40.1 Å². The normalized spacial score (nSPS) is 11.7. The first kappa shape index (κ1) is 25.3. The Hall–Kier alpha value is -3.35. The first-order chi connectivity index (χ1) is 16.2. The molecule has 1 N–H and O–H groups in total. The molecule has 0 aliphatic heterocycles. The number of nitrogens with one attached hydrogen (secondary N) is 1. The molecule has 5 nitrogen and oxygen atoms in total. The molecule has 0 fully saturated rings. The molecular weight excluding hydrogens is 487 g/mol. The maximum Gasteiger partial charge on any atom is 0.416 e. The van der Waals surface area contributed by atoms with Gasteiger partial charge in [0.1, 0.15) is 17.4 Å². The number of hydrogen-bond donors (Lipinski definition) is 1. The fraction of sp³-hybridized carbons (Fsp3) is 0.208. The zero-order chi connectivity index (χ0) is 24.7. The lowest BCUT2D eigenvalue weighted by Crippen LogP contribution is -2.13. The number of ether oxygens (including phenoxy) is 1. The third kappa shape index (κ3) is 6.59. The average Bonchev–Trinajstić information content (AvgIpc) is 3.23. The first-order valence-corrected chi connectivity index (χ1v) is 11.4. The Morgan fingerprint density at radius 2 is 2.06 bits per heavy atom. The van der Waals surface area contributed by atoms with Crippen LogP contribution in [0.15, 0.2) is 54.2 Å². The van der Waals surface area contributed by atoms with E-state index in [0.717, 1.165) is 29.9 Å². The van der Waals surface area contributed by atoms with Crippen LogP contribution in [-0.2, 0) is 17.4 Å². The van der Waals surface area contributed by atoms with Crippen molar-refractivity contribution in [3.63, 3.8) is 0 Å². The quantitative estimate of drug-likeness (QED) is 0.272. The number of aromatic nitrogens is 1. The molecule has 0 bridgehead atoms. The highest BCUT2D eigenvalue weighted by molar-refractivity contribution is 7.15. The van der Waals surface area contributed by atoms with Gasteiger partial charge < -0.3 is 4.74 Å². The summed E-state index contributed by atoms with van der Waals surface area (Å²) in [5.41, 5.74) is -0.0665. The SMILES string of the molecule is CCCOc1ccccc1C=C(C#N)C(=O)Nc1ncc(Cc2cc(C(F)(F)F)ccc2Cl)s1. The number of nitriles is 1. The number of alkyl halides is 3. The van der Waals surface area contributed by atoms with Crippen LogP contribution in [-0.4, -0.2) is 17.5 Å². The lowest BCUT2D eigenvalue weighted by atomic mass is 10.1. The number of halogens is 4. The van der Waals surface area contributed by atoms with Crippen LogP contribution in [0.25, 0.3) is 6.08 Å². The Labute approximate surface area is 203 Å². The lowest BCUT2D eigenvalue weighted by Gasteiger charge is -2.09. The smallest absolute Gasteiger partial charge is 0.416 e. The molecule has 176 valence electrons. The molecule has 10 heteroatoms. The summed E-state index contributed by atoms with van der Waals surface area (Å²) in [5.74, 6) is -0.106. The topological polar surface area (TPSA) is 75.0 Å². The molecule has 1 amide bonds. The number of benzene rings is 2. The predicted molar refractivity (Wildman–Crippen MR) is 126 cm³/mol. The molecule has 0 spiro atoms. The van der Waals surface area contributed by atoms with E-state index in [9.17, 15) is 23.2 Å². The maximum atomic E-state index is 13.0. The summed E-state index contributed by atoms with van der Waals surface area (Å²) in [6.07, 6.45) is -0.689. The lowest BCUT2D eigenvalue weighted by molar-refractivity contribution is -0.137. The van der Waals surface area contributed by atoms with Gasteiger partial charge in [0.25, 0.3) is 5.91 Å². The molecule has 0 atom stereocenters. The van der Waals surface area contributed by atoms with E-state index < -0.39 is 17.6 Å². The fourth-order valence-electron chi connectivity index (χ4n) is 2.93. The number of anilines is 1. The number of carbonyl (C=O) groups is 1.